The molecule has 0 aromatic heterocycles. The van der Waals surface area contributed by atoms with Gasteiger partial charge in [-0.15, -0.1) is 12.4 Å². The smallest absolute Gasteiger partial charge is 0.0230 e. The maximum atomic E-state index is 2.21. The van der Waals surface area contributed by atoms with Crippen LogP contribution in [-0.2, 0) is 13.0 Å². The molecule has 1 aromatic rings. The fraction of sp³-hybridized carbons (Fsp3) is 0.455. The molecular formula is C11H18ClN. The van der Waals surface area contributed by atoms with E-state index in [0.717, 1.165) is 13.0 Å². The molecule has 13 heavy (non-hydrogen) atoms. The van der Waals surface area contributed by atoms with Crippen molar-refractivity contribution in [2.75, 3.05) is 14.1 Å². The van der Waals surface area contributed by atoms with Gasteiger partial charge in [-0.3, -0.25) is 0 Å². The van der Waals surface area contributed by atoms with Crippen molar-refractivity contribution in [2.24, 2.45) is 0 Å². The third kappa shape index (κ3) is 3.79. The highest BCUT2D eigenvalue weighted by atomic mass is 35.5. The van der Waals surface area contributed by atoms with Crippen molar-refractivity contribution in [1.29, 1.82) is 0 Å². The highest BCUT2D eigenvalue weighted by Gasteiger charge is 1.99. The normalized spacial score (nSPS) is 9.85. The Morgan fingerprint density at radius 2 is 1.62 bits per heavy atom. The maximum absolute atomic E-state index is 2.21. The number of rotatable bonds is 3. The molecule has 1 aromatic carbocycles. The van der Waals surface area contributed by atoms with Gasteiger partial charge >= 0.3 is 0 Å². The monoisotopic (exact) mass is 199 g/mol. The number of nitrogens with zero attached hydrogens (tertiary/aromatic N) is 1. The van der Waals surface area contributed by atoms with Gasteiger partial charge < -0.3 is 4.90 Å². The summed E-state index contributed by atoms with van der Waals surface area (Å²) in [6.45, 7) is 3.25. The summed E-state index contributed by atoms with van der Waals surface area (Å²) in [5.74, 6) is 0. The number of hydrogen-bond donors (Lipinski definition) is 0. The van der Waals surface area contributed by atoms with Gasteiger partial charge in [0.15, 0.2) is 0 Å². The van der Waals surface area contributed by atoms with Gasteiger partial charge in [0, 0.05) is 6.54 Å². The van der Waals surface area contributed by atoms with Gasteiger partial charge in [-0.2, -0.15) is 0 Å². The first kappa shape index (κ1) is 12.5. The van der Waals surface area contributed by atoms with Gasteiger partial charge in [-0.25, -0.2) is 0 Å². The Hall–Kier alpha value is -0.530. The molecule has 0 aliphatic heterocycles. The van der Waals surface area contributed by atoms with E-state index in [0.29, 0.717) is 0 Å². The van der Waals surface area contributed by atoms with Gasteiger partial charge in [0.2, 0.25) is 0 Å². The molecule has 0 atom stereocenters. The molecule has 2 heteroatoms. The molecule has 1 rings (SSSR count). The standard InChI is InChI=1S/C11H17N.ClH/c1-4-10-7-5-6-8-11(10)9-12(2)3;/h5-8H,4,9H2,1-3H3;1H. The lowest BCUT2D eigenvalue weighted by Crippen LogP contribution is -2.11. The molecule has 0 N–H and O–H groups in total. The van der Waals surface area contributed by atoms with Crippen LogP contribution in [0.2, 0.25) is 0 Å². The Kier molecular flexibility index (Phi) is 5.76. The maximum Gasteiger partial charge on any atom is 0.0230 e. The van der Waals surface area contributed by atoms with Crippen molar-refractivity contribution in [3.63, 3.8) is 0 Å². The highest BCUT2D eigenvalue weighted by Crippen LogP contribution is 2.10. The lowest BCUT2D eigenvalue weighted by Gasteiger charge is -2.12. The van der Waals surface area contributed by atoms with Crippen LogP contribution in [0.15, 0.2) is 24.3 Å². The zero-order valence-corrected chi connectivity index (χ0v) is 9.40. The molecule has 1 nitrogen and oxygen atoms in total. The van der Waals surface area contributed by atoms with Gasteiger partial charge in [0.05, 0.1) is 0 Å². The van der Waals surface area contributed by atoms with Crippen LogP contribution in [0, 0.1) is 0 Å². The second kappa shape index (κ2) is 6.01. The minimum Gasteiger partial charge on any atom is -0.305 e. The number of hydrogen-bond acceptors (Lipinski definition) is 1. The van der Waals surface area contributed by atoms with E-state index in [1.807, 2.05) is 0 Å². The van der Waals surface area contributed by atoms with E-state index in [-0.39, 0.29) is 12.4 Å². The molecule has 0 fully saturated rings. The lowest BCUT2D eigenvalue weighted by molar-refractivity contribution is 0.401. The van der Waals surface area contributed by atoms with Gasteiger partial charge in [0.1, 0.15) is 0 Å². The highest BCUT2D eigenvalue weighted by molar-refractivity contribution is 5.85. The molecule has 0 spiro atoms. The fourth-order valence-electron chi connectivity index (χ4n) is 1.40. The minimum atomic E-state index is 0. The van der Waals surface area contributed by atoms with Crippen LogP contribution in [0.4, 0.5) is 0 Å². The van der Waals surface area contributed by atoms with Crippen molar-refractivity contribution in [2.45, 2.75) is 19.9 Å². The Morgan fingerprint density at radius 1 is 1.08 bits per heavy atom. The minimum absolute atomic E-state index is 0. The van der Waals surface area contributed by atoms with Crippen LogP contribution in [-0.4, -0.2) is 19.0 Å². The first-order valence-electron chi connectivity index (χ1n) is 4.45. The molecule has 74 valence electrons. The zero-order chi connectivity index (χ0) is 8.97. The Labute approximate surface area is 87.2 Å². The van der Waals surface area contributed by atoms with Gasteiger partial charge in [0.25, 0.3) is 0 Å². The van der Waals surface area contributed by atoms with E-state index < -0.39 is 0 Å². The van der Waals surface area contributed by atoms with E-state index in [1.165, 1.54) is 11.1 Å². The lowest BCUT2D eigenvalue weighted by atomic mass is 10.1. The van der Waals surface area contributed by atoms with Crippen molar-refractivity contribution in [3.05, 3.63) is 35.4 Å². The summed E-state index contributed by atoms with van der Waals surface area (Å²) in [7, 11) is 4.21. The second-order valence-corrected chi connectivity index (χ2v) is 3.36. The van der Waals surface area contributed by atoms with Gasteiger partial charge in [-0.1, -0.05) is 31.2 Å². The topological polar surface area (TPSA) is 3.24 Å². The second-order valence-electron chi connectivity index (χ2n) is 3.36. The SMILES string of the molecule is CCc1ccccc1CN(C)C.Cl. The summed E-state index contributed by atoms with van der Waals surface area (Å²) >= 11 is 0. The number of halogens is 1. The first-order valence-corrected chi connectivity index (χ1v) is 4.45. The van der Waals surface area contributed by atoms with Crippen LogP contribution in [0.3, 0.4) is 0 Å². The fourth-order valence-corrected chi connectivity index (χ4v) is 1.40. The molecule has 0 aliphatic rings. The van der Waals surface area contributed by atoms with Gasteiger partial charge in [-0.05, 0) is 31.6 Å². The molecule has 0 saturated heterocycles. The number of benzene rings is 1. The van der Waals surface area contributed by atoms with Crippen LogP contribution < -0.4 is 0 Å². The van der Waals surface area contributed by atoms with E-state index in [1.54, 1.807) is 0 Å². The molecule has 0 saturated carbocycles. The molecule has 0 radical (unpaired) electrons. The average Bonchev–Trinajstić information content (AvgIpc) is 2.04. The largest absolute Gasteiger partial charge is 0.305 e. The van der Waals surface area contributed by atoms with Crippen molar-refractivity contribution < 1.29 is 0 Å². The summed E-state index contributed by atoms with van der Waals surface area (Å²) < 4.78 is 0. The molecule has 0 unspecified atom stereocenters. The van der Waals surface area contributed by atoms with E-state index >= 15 is 0 Å². The molecule has 0 aliphatic carbocycles. The van der Waals surface area contributed by atoms with Crippen LogP contribution in [0.25, 0.3) is 0 Å². The van der Waals surface area contributed by atoms with E-state index in [2.05, 4.69) is 50.2 Å². The number of aryl methyl sites for hydroxylation is 1. The summed E-state index contributed by atoms with van der Waals surface area (Å²) in [4.78, 5) is 2.20. The van der Waals surface area contributed by atoms with Crippen LogP contribution >= 0.6 is 12.4 Å². The summed E-state index contributed by atoms with van der Waals surface area (Å²) in [6, 6.07) is 8.63. The molecule has 0 bridgehead atoms. The van der Waals surface area contributed by atoms with Crippen LogP contribution in [0.1, 0.15) is 18.1 Å². The Morgan fingerprint density at radius 3 is 2.08 bits per heavy atom. The van der Waals surface area contributed by atoms with Crippen molar-refractivity contribution in [1.82, 2.24) is 4.90 Å². The Balaban J connectivity index is 0.00000144. The Bertz CT molecular complexity index is 246. The van der Waals surface area contributed by atoms with Crippen molar-refractivity contribution in [3.8, 4) is 0 Å². The predicted molar refractivity (Wildman–Crippen MR) is 60.5 cm³/mol. The van der Waals surface area contributed by atoms with E-state index in [9.17, 15) is 0 Å². The third-order valence-electron chi connectivity index (χ3n) is 1.99. The zero-order valence-electron chi connectivity index (χ0n) is 8.58. The molecule has 0 heterocycles. The average molecular weight is 200 g/mol. The third-order valence-corrected chi connectivity index (χ3v) is 1.99. The molecular weight excluding hydrogens is 182 g/mol. The summed E-state index contributed by atoms with van der Waals surface area (Å²) in [6.07, 6.45) is 1.13. The van der Waals surface area contributed by atoms with E-state index in [4.69, 9.17) is 0 Å². The van der Waals surface area contributed by atoms with Crippen molar-refractivity contribution >= 4 is 12.4 Å². The summed E-state index contributed by atoms with van der Waals surface area (Å²) in [5.41, 5.74) is 2.91. The summed E-state index contributed by atoms with van der Waals surface area (Å²) in [5, 5.41) is 0. The van der Waals surface area contributed by atoms with Crippen LogP contribution in [0.5, 0.6) is 0 Å². The molecule has 0 amide bonds. The first-order chi connectivity index (χ1) is 5.74. The quantitative estimate of drug-likeness (QED) is 0.724. The predicted octanol–water partition coefficient (Wildman–Crippen LogP) is 2.73.